The zero-order chi connectivity index (χ0) is 21.8. The third-order valence-electron chi connectivity index (χ3n) is 4.88. The largest absolute Gasteiger partial charge is 0.318 e. The SMILES string of the molecule is Cc1c(Cl)cccc1-n1c(C)cc(C=NNC(=O)Cc2ccccc2[N+](=O)[O-])c1C. The van der Waals surface area contributed by atoms with Gasteiger partial charge < -0.3 is 4.57 Å². The van der Waals surface area contributed by atoms with E-state index in [4.69, 9.17) is 11.6 Å². The van der Waals surface area contributed by atoms with Gasteiger partial charge in [-0.25, -0.2) is 5.43 Å². The van der Waals surface area contributed by atoms with Crippen LogP contribution in [0.25, 0.3) is 5.69 Å². The molecule has 0 bridgehead atoms. The Morgan fingerprint density at radius 3 is 2.67 bits per heavy atom. The molecule has 7 nitrogen and oxygen atoms in total. The number of benzene rings is 2. The van der Waals surface area contributed by atoms with Gasteiger partial charge >= 0.3 is 0 Å². The number of hydrogen-bond donors (Lipinski definition) is 1. The minimum absolute atomic E-state index is 0.0860. The molecule has 1 aromatic heterocycles. The monoisotopic (exact) mass is 424 g/mol. The number of aryl methyl sites for hydroxylation is 1. The molecule has 30 heavy (non-hydrogen) atoms. The lowest BCUT2D eigenvalue weighted by Crippen LogP contribution is -2.20. The maximum Gasteiger partial charge on any atom is 0.273 e. The van der Waals surface area contributed by atoms with Crippen LogP contribution < -0.4 is 5.43 Å². The predicted molar refractivity (Wildman–Crippen MR) is 118 cm³/mol. The lowest BCUT2D eigenvalue weighted by Gasteiger charge is -2.13. The Morgan fingerprint density at radius 1 is 1.20 bits per heavy atom. The van der Waals surface area contributed by atoms with Crippen LogP contribution in [0, 0.1) is 30.9 Å². The second-order valence-electron chi connectivity index (χ2n) is 6.90. The van der Waals surface area contributed by atoms with E-state index < -0.39 is 10.8 Å². The van der Waals surface area contributed by atoms with Crippen molar-refractivity contribution in [2.45, 2.75) is 27.2 Å². The van der Waals surface area contributed by atoms with Crippen LogP contribution in [0.5, 0.6) is 0 Å². The first-order chi connectivity index (χ1) is 14.3. The highest BCUT2D eigenvalue weighted by Gasteiger charge is 2.15. The summed E-state index contributed by atoms with van der Waals surface area (Å²) in [5.74, 6) is -0.431. The quantitative estimate of drug-likeness (QED) is 0.354. The molecule has 0 unspecified atom stereocenters. The van der Waals surface area contributed by atoms with Gasteiger partial charge in [0.05, 0.1) is 17.6 Å². The fourth-order valence-electron chi connectivity index (χ4n) is 3.35. The van der Waals surface area contributed by atoms with Crippen molar-refractivity contribution in [1.82, 2.24) is 9.99 Å². The summed E-state index contributed by atoms with van der Waals surface area (Å²) in [6.45, 7) is 5.91. The molecular weight excluding hydrogens is 404 g/mol. The molecule has 0 aliphatic carbocycles. The smallest absolute Gasteiger partial charge is 0.273 e. The van der Waals surface area contributed by atoms with E-state index in [2.05, 4.69) is 15.1 Å². The number of rotatable bonds is 6. The molecule has 1 N–H and O–H groups in total. The van der Waals surface area contributed by atoms with Gasteiger partial charge in [-0.05, 0) is 44.5 Å². The predicted octanol–water partition coefficient (Wildman–Crippen LogP) is 4.66. The number of hydrogen-bond acceptors (Lipinski definition) is 4. The number of nitro groups is 1. The summed E-state index contributed by atoms with van der Waals surface area (Å²) in [6.07, 6.45) is 1.44. The summed E-state index contributed by atoms with van der Waals surface area (Å²) in [4.78, 5) is 22.7. The van der Waals surface area contributed by atoms with Gasteiger partial charge in [0, 0.05) is 39.3 Å². The summed E-state index contributed by atoms with van der Waals surface area (Å²) in [7, 11) is 0. The Labute approximate surface area is 179 Å². The number of amides is 1. The van der Waals surface area contributed by atoms with Crippen molar-refractivity contribution in [3.05, 3.63) is 91.7 Å². The molecular formula is C22H21ClN4O3. The molecule has 8 heteroatoms. The van der Waals surface area contributed by atoms with Crippen molar-refractivity contribution in [2.24, 2.45) is 5.10 Å². The van der Waals surface area contributed by atoms with Crippen LogP contribution in [0.3, 0.4) is 0 Å². The molecule has 1 heterocycles. The number of nitrogens with zero attached hydrogens (tertiary/aromatic N) is 3. The summed E-state index contributed by atoms with van der Waals surface area (Å²) in [5.41, 5.74) is 7.45. The average Bonchev–Trinajstić information content (AvgIpc) is 2.98. The van der Waals surface area contributed by atoms with Gasteiger partial charge in [0.2, 0.25) is 5.91 Å². The second-order valence-corrected chi connectivity index (χ2v) is 7.31. The number of carbonyl (C=O) groups excluding carboxylic acids is 1. The standard InChI is InChI=1S/C22H21ClN4O3/c1-14-11-18(16(3)26(14)20-10-6-8-19(23)15(20)2)13-24-25-22(28)12-17-7-4-5-9-21(17)27(29)30/h4-11,13H,12H2,1-3H3,(H,25,28). The van der Waals surface area contributed by atoms with E-state index in [9.17, 15) is 14.9 Å². The Balaban J connectivity index is 1.76. The van der Waals surface area contributed by atoms with Crippen molar-refractivity contribution in [3.8, 4) is 5.69 Å². The molecule has 0 fully saturated rings. The van der Waals surface area contributed by atoms with E-state index in [-0.39, 0.29) is 12.1 Å². The van der Waals surface area contributed by atoms with Gasteiger partial charge in [-0.2, -0.15) is 5.10 Å². The van der Waals surface area contributed by atoms with Crippen LogP contribution in [0.1, 0.15) is 28.1 Å². The molecule has 0 aliphatic heterocycles. The van der Waals surface area contributed by atoms with Crippen molar-refractivity contribution in [1.29, 1.82) is 0 Å². The highest BCUT2D eigenvalue weighted by Crippen LogP contribution is 2.26. The topological polar surface area (TPSA) is 89.5 Å². The van der Waals surface area contributed by atoms with Gasteiger partial charge in [0.25, 0.3) is 5.69 Å². The molecule has 1 amide bonds. The number of nitro benzene ring substituents is 1. The Bertz CT molecular complexity index is 1150. The second kappa shape index (κ2) is 8.92. The molecule has 0 atom stereocenters. The fourth-order valence-corrected chi connectivity index (χ4v) is 3.52. The maximum atomic E-state index is 12.2. The fraction of sp³-hybridized carbons (Fsp3) is 0.182. The number of halogens is 1. The highest BCUT2D eigenvalue weighted by molar-refractivity contribution is 6.31. The Morgan fingerprint density at radius 2 is 1.93 bits per heavy atom. The van der Waals surface area contributed by atoms with E-state index >= 15 is 0 Å². The van der Waals surface area contributed by atoms with E-state index in [1.165, 1.54) is 6.07 Å². The van der Waals surface area contributed by atoms with E-state index in [1.54, 1.807) is 24.4 Å². The third kappa shape index (κ3) is 4.41. The summed E-state index contributed by atoms with van der Waals surface area (Å²) >= 11 is 6.26. The summed E-state index contributed by atoms with van der Waals surface area (Å²) < 4.78 is 2.08. The minimum atomic E-state index is -0.501. The van der Waals surface area contributed by atoms with Gasteiger partial charge in [-0.15, -0.1) is 0 Å². The van der Waals surface area contributed by atoms with Gasteiger partial charge in [0.1, 0.15) is 0 Å². The Hall–Kier alpha value is -3.45. The maximum absolute atomic E-state index is 12.2. The zero-order valence-corrected chi connectivity index (χ0v) is 17.6. The minimum Gasteiger partial charge on any atom is -0.318 e. The van der Waals surface area contributed by atoms with Crippen molar-refractivity contribution in [3.63, 3.8) is 0 Å². The summed E-state index contributed by atoms with van der Waals surface area (Å²) in [6, 6.07) is 13.9. The number of nitrogens with one attached hydrogen (secondary N) is 1. The number of carbonyl (C=O) groups is 1. The first kappa shape index (κ1) is 21.3. The molecule has 0 saturated heterocycles. The molecule has 0 saturated carbocycles. The lowest BCUT2D eigenvalue weighted by atomic mass is 10.1. The molecule has 0 radical (unpaired) electrons. The third-order valence-corrected chi connectivity index (χ3v) is 5.29. The van der Waals surface area contributed by atoms with Crippen molar-refractivity contribution >= 4 is 29.4 Å². The van der Waals surface area contributed by atoms with Crippen molar-refractivity contribution in [2.75, 3.05) is 0 Å². The summed E-state index contributed by atoms with van der Waals surface area (Å²) in [5, 5.41) is 15.8. The van der Waals surface area contributed by atoms with Crippen LogP contribution in [-0.4, -0.2) is 21.6 Å². The molecule has 3 aromatic rings. The average molecular weight is 425 g/mol. The van der Waals surface area contributed by atoms with E-state index in [1.807, 2.05) is 45.0 Å². The van der Waals surface area contributed by atoms with Crippen LogP contribution in [0.4, 0.5) is 5.69 Å². The zero-order valence-electron chi connectivity index (χ0n) is 16.8. The van der Waals surface area contributed by atoms with Gasteiger partial charge in [0.15, 0.2) is 0 Å². The van der Waals surface area contributed by atoms with Crippen LogP contribution in [0.2, 0.25) is 5.02 Å². The number of hydrazone groups is 1. The van der Waals surface area contributed by atoms with E-state index in [0.29, 0.717) is 10.6 Å². The van der Waals surface area contributed by atoms with Crippen LogP contribution >= 0.6 is 11.6 Å². The molecule has 3 rings (SSSR count). The first-order valence-electron chi connectivity index (χ1n) is 9.28. The number of aromatic nitrogens is 1. The first-order valence-corrected chi connectivity index (χ1v) is 9.66. The molecule has 2 aromatic carbocycles. The van der Waals surface area contributed by atoms with Crippen LogP contribution in [-0.2, 0) is 11.2 Å². The molecule has 0 spiro atoms. The molecule has 0 aliphatic rings. The van der Waals surface area contributed by atoms with Crippen LogP contribution in [0.15, 0.2) is 53.6 Å². The normalized spacial score (nSPS) is 11.1. The van der Waals surface area contributed by atoms with E-state index in [0.717, 1.165) is 28.2 Å². The van der Waals surface area contributed by atoms with Crippen molar-refractivity contribution < 1.29 is 9.72 Å². The highest BCUT2D eigenvalue weighted by atomic mass is 35.5. The lowest BCUT2D eigenvalue weighted by molar-refractivity contribution is -0.385. The Kier molecular flexibility index (Phi) is 6.32. The van der Waals surface area contributed by atoms with Gasteiger partial charge in [-0.3, -0.25) is 14.9 Å². The van der Waals surface area contributed by atoms with Gasteiger partial charge in [-0.1, -0.05) is 35.9 Å². The molecule has 154 valence electrons. The number of para-hydroxylation sites is 1.